The van der Waals surface area contributed by atoms with E-state index >= 15 is 0 Å². The molecule has 1 aromatic heterocycles. The Morgan fingerprint density at radius 1 is 1.11 bits per heavy atom. The van der Waals surface area contributed by atoms with E-state index in [9.17, 15) is 9.59 Å². The van der Waals surface area contributed by atoms with Gasteiger partial charge in [-0.05, 0) is 37.1 Å². The van der Waals surface area contributed by atoms with Crippen LogP contribution in [0, 0.1) is 6.92 Å². The Morgan fingerprint density at radius 3 is 2.63 bits per heavy atom. The van der Waals surface area contributed by atoms with Crippen LogP contribution in [0.2, 0.25) is 0 Å². The molecule has 0 radical (unpaired) electrons. The summed E-state index contributed by atoms with van der Waals surface area (Å²) in [5.74, 6) is 0.358. The molecule has 0 unspecified atom stereocenters. The second-order valence-corrected chi connectivity index (χ2v) is 7.03. The molecular formula is C21H20N2O3S. The normalized spacial score (nSPS) is 10.4. The molecule has 0 spiro atoms. The third-order valence-corrected chi connectivity index (χ3v) is 5.20. The number of thiazole rings is 1. The first-order valence-corrected chi connectivity index (χ1v) is 9.38. The highest BCUT2D eigenvalue weighted by Gasteiger charge is 2.17. The van der Waals surface area contributed by atoms with Crippen molar-refractivity contribution >= 4 is 28.2 Å². The zero-order valence-electron chi connectivity index (χ0n) is 15.2. The standard InChI is InChI=1S/C21H20N2O3S/c1-14-19(18(24)12-11-15-7-4-3-5-8-15)27-21(22-14)23-20(25)16-9-6-10-17(13-16)26-2/h3-10,13H,11-12H2,1-2H3,(H,22,23,25). The average Bonchev–Trinajstić information content (AvgIpc) is 3.07. The predicted molar refractivity (Wildman–Crippen MR) is 107 cm³/mol. The van der Waals surface area contributed by atoms with E-state index in [1.54, 1.807) is 38.3 Å². The lowest BCUT2D eigenvalue weighted by Gasteiger charge is -2.04. The summed E-state index contributed by atoms with van der Waals surface area (Å²) in [5, 5.41) is 3.18. The van der Waals surface area contributed by atoms with Gasteiger partial charge in [-0.25, -0.2) is 4.98 Å². The van der Waals surface area contributed by atoms with Crippen molar-refractivity contribution in [2.24, 2.45) is 0 Å². The molecule has 0 fully saturated rings. The molecule has 138 valence electrons. The number of aryl methyl sites for hydroxylation is 2. The second-order valence-electron chi connectivity index (χ2n) is 6.03. The average molecular weight is 380 g/mol. The summed E-state index contributed by atoms with van der Waals surface area (Å²) in [6.45, 7) is 1.79. The predicted octanol–water partition coefficient (Wildman–Crippen LogP) is 4.53. The number of aromatic nitrogens is 1. The molecule has 1 heterocycles. The smallest absolute Gasteiger partial charge is 0.257 e. The summed E-state index contributed by atoms with van der Waals surface area (Å²) in [6.07, 6.45) is 1.10. The molecule has 0 bridgehead atoms. The molecule has 0 atom stereocenters. The van der Waals surface area contributed by atoms with Gasteiger partial charge in [0.1, 0.15) is 5.75 Å². The van der Waals surface area contributed by atoms with Crippen LogP contribution in [0.25, 0.3) is 0 Å². The second kappa shape index (κ2) is 8.60. The lowest BCUT2D eigenvalue weighted by molar-refractivity contribution is 0.0984. The van der Waals surface area contributed by atoms with Crippen molar-refractivity contribution in [3.05, 3.63) is 76.3 Å². The van der Waals surface area contributed by atoms with Gasteiger partial charge in [0.25, 0.3) is 5.91 Å². The molecule has 2 aromatic carbocycles. The number of Topliss-reactive ketones (excluding diaryl/α,β-unsaturated/α-hetero) is 1. The van der Waals surface area contributed by atoms with Crippen molar-refractivity contribution in [3.63, 3.8) is 0 Å². The van der Waals surface area contributed by atoms with Crippen LogP contribution in [0.15, 0.2) is 54.6 Å². The highest BCUT2D eigenvalue weighted by atomic mass is 32.1. The van der Waals surface area contributed by atoms with Crippen LogP contribution in [-0.4, -0.2) is 23.8 Å². The molecule has 3 aromatic rings. The third-order valence-electron chi connectivity index (χ3n) is 4.09. The lowest BCUT2D eigenvalue weighted by Crippen LogP contribution is -2.11. The van der Waals surface area contributed by atoms with Gasteiger partial charge in [-0.2, -0.15) is 0 Å². The van der Waals surface area contributed by atoms with Gasteiger partial charge in [-0.15, -0.1) is 0 Å². The topological polar surface area (TPSA) is 68.3 Å². The lowest BCUT2D eigenvalue weighted by atomic mass is 10.1. The van der Waals surface area contributed by atoms with Crippen molar-refractivity contribution in [2.45, 2.75) is 19.8 Å². The number of hydrogen-bond donors (Lipinski definition) is 1. The number of benzene rings is 2. The first-order chi connectivity index (χ1) is 13.1. The van der Waals surface area contributed by atoms with Crippen molar-refractivity contribution in [1.29, 1.82) is 0 Å². The largest absolute Gasteiger partial charge is 0.497 e. The molecule has 27 heavy (non-hydrogen) atoms. The number of ether oxygens (including phenoxy) is 1. The molecule has 0 saturated carbocycles. The van der Waals surface area contributed by atoms with Crippen LogP contribution in [-0.2, 0) is 6.42 Å². The number of anilines is 1. The number of rotatable bonds is 7. The molecule has 5 nitrogen and oxygen atoms in total. The van der Waals surface area contributed by atoms with Crippen LogP contribution < -0.4 is 10.1 Å². The molecule has 0 aliphatic heterocycles. The molecular weight excluding hydrogens is 360 g/mol. The molecule has 0 saturated heterocycles. The highest BCUT2D eigenvalue weighted by molar-refractivity contribution is 7.17. The summed E-state index contributed by atoms with van der Waals surface area (Å²) in [6, 6.07) is 16.8. The van der Waals surface area contributed by atoms with Crippen molar-refractivity contribution in [3.8, 4) is 5.75 Å². The molecule has 0 aliphatic carbocycles. The number of nitrogens with zero attached hydrogens (tertiary/aromatic N) is 1. The summed E-state index contributed by atoms with van der Waals surface area (Å²) < 4.78 is 5.14. The van der Waals surface area contributed by atoms with Gasteiger partial charge in [0.15, 0.2) is 10.9 Å². The first kappa shape index (κ1) is 18.8. The number of carbonyl (C=O) groups is 2. The summed E-state index contributed by atoms with van der Waals surface area (Å²) >= 11 is 1.21. The van der Waals surface area contributed by atoms with Gasteiger partial charge in [0.2, 0.25) is 0 Å². The molecule has 6 heteroatoms. The Kier molecular flexibility index (Phi) is 5.98. The zero-order valence-corrected chi connectivity index (χ0v) is 16.0. The molecule has 1 amide bonds. The van der Waals surface area contributed by atoms with Crippen LogP contribution in [0.4, 0.5) is 5.13 Å². The maximum Gasteiger partial charge on any atom is 0.257 e. The fourth-order valence-electron chi connectivity index (χ4n) is 2.66. The molecule has 1 N–H and O–H groups in total. The number of amides is 1. The number of methoxy groups -OCH3 is 1. The minimum Gasteiger partial charge on any atom is -0.497 e. The number of ketones is 1. The van der Waals surface area contributed by atoms with Crippen molar-refractivity contribution < 1.29 is 14.3 Å². The van der Waals surface area contributed by atoms with E-state index in [0.29, 0.717) is 39.9 Å². The Labute approximate surface area is 162 Å². The monoisotopic (exact) mass is 380 g/mol. The third kappa shape index (κ3) is 4.80. The van der Waals surface area contributed by atoms with Gasteiger partial charge in [-0.1, -0.05) is 47.7 Å². The minimum absolute atomic E-state index is 0.0377. The van der Waals surface area contributed by atoms with E-state index in [4.69, 9.17) is 4.74 Å². The van der Waals surface area contributed by atoms with E-state index in [2.05, 4.69) is 10.3 Å². The van der Waals surface area contributed by atoms with Crippen molar-refractivity contribution in [1.82, 2.24) is 4.98 Å². The Hall–Kier alpha value is -2.99. The maximum atomic E-state index is 12.5. The van der Waals surface area contributed by atoms with Gasteiger partial charge in [-0.3, -0.25) is 14.9 Å². The van der Waals surface area contributed by atoms with Crippen LogP contribution in [0.1, 0.15) is 37.7 Å². The van der Waals surface area contributed by atoms with E-state index < -0.39 is 0 Å². The Balaban J connectivity index is 1.66. The minimum atomic E-state index is -0.286. The van der Waals surface area contributed by atoms with Crippen LogP contribution >= 0.6 is 11.3 Å². The van der Waals surface area contributed by atoms with Gasteiger partial charge < -0.3 is 4.74 Å². The van der Waals surface area contributed by atoms with Gasteiger partial charge in [0, 0.05) is 12.0 Å². The SMILES string of the molecule is COc1cccc(C(=O)Nc2nc(C)c(C(=O)CCc3ccccc3)s2)c1. The summed E-state index contributed by atoms with van der Waals surface area (Å²) in [7, 11) is 1.55. The van der Waals surface area contributed by atoms with Gasteiger partial charge in [0.05, 0.1) is 17.7 Å². The quantitative estimate of drug-likeness (QED) is 0.612. The van der Waals surface area contributed by atoms with Gasteiger partial charge >= 0.3 is 0 Å². The van der Waals surface area contributed by atoms with E-state index in [1.165, 1.54) is 11.3 Å². The molecule has 3 rings (SSSR count). The Morgan fingerprint density at radius 2 is 1.89 bits per heavy atom. The zero-order chi connectivity index (χ0) is 19.2. The number of carbonyl (C=O) groups excluding carboxylic acids is 2. The fourth-order valence-corrected chi connectivity index (χ4v) is 3.59. The van der Waals surface area contributed by atoms with E-state index in [-0.39, 0.29) is 11.7 Å². The number of nitrogens with one attached hydrogen (secondary N) is 1. The number of hydrogen-bond acceptors (Lipinski definition) is 5. The highest BCUT2D eigenvalue weighted by Crippen LogP contribution is 2.25. The first-order valence-electron chi connectivity index (χ1n) is 8.57. The fraction of sp³-hybridized carbons (Fsp3) is 0.190. The van der Waals surface area contributed by atoms with Crippen LogP contribution in [0.5, 0.6) is 5.75 Å². The van der Waals surface area contributed by atoms with Crippen LogP contribution in [0.3, 0.4) is 0 Å². The molecule has 0 aliphatic rings. The summed E-state index contributed by atoms with van der Waals surface area (Å²) in [4.78, 5) is 29.9. The summed E-state index contributed by atoms with van der Waals surface area (Å²) in [5.41, 5.74) is 2.23. The Bertz CT molecular complexity index is 951. The van der Waals surface area contributed by atoms with Crippen molar-refractivity contribution in [2.75, 3.05) is 12.4 Å². The van der Waals surface area contributed by atoms with E-state index in [1.807, 2.05) is 30.3 Å². The van der Waals surface area contributed by atoms with E-state index in [0.717, 1.165) is 5.56 Å². The maximum absolute atomic E-state index is 12.5.